The van der Waals surface area contributed by atoms with Crippen molar-refractivity contribution in [3.8, 4) is 0 Å². The molecule has 0 saturated carbocycles. The third kappa shape index (κ3) is 1.46. The van der Waals surface area contributed by atoms with Gasteiger partial charge in [-0.15, -0.1) is 6.58 Å². The summed E-state index contributed by atoms with van der Waals surface area (Å²) in [6, 6.07) is 0. The molecule has 1 rings (SSSR count). The molecule has 11 heavy (non-hydrogen) atoms. The predicted octanol–water partition coefficient (Wildman–Crippen LogP) is 1.53. The van der Waals surface area contributed by atoms with Crippen molar-refractivity contribution in [3.63, 3.8) is 0 Å². The number of hydrogen-bond acceptors (Lipinski definition) is 0. The van der Waals surface area contributed by atoms with E-state index in [4.69, 9.17) is 11.6 Å². The van der Waals surface area contributed by atoms with E-state index in [1.165, 1.54) is 0 Å². The molecule has 3 heteroatoms. The Morgan fingerprint density at radius 2 is 2.36 bits per heavy atom. The highest BCUT2D eigenvalue weighted by Gasteiger charge is 2.14. The maximum absolute atomic E-state index is 5.98. The number of nitrogens with zero attached hydrogens (tertiary/aromatic N) is 1. The molecule has 0 fully saturated rings. The Balaban J connectivity index is 3.07. The normalized spacial score (nSPS) is 10.1. The van der Waals surface area contributed by atoms with E-state index < -0.39 is 0 Å². The zero-order chi connectivity index (χ0) is 8.43. The Bertz CT molecular complexity index is 276. The molecular formula is C8H12ClN2+. The van der Waals surface area contributed by atoms with Crippen LogP contribution < -0.4 is 4.57 Å². The summed E-state index contributed by atoms with van der Waals surface area (Å²) in [6.45, 7) is 5.63. The minimum Gasteiger partial charge on any atom is -0.243 e. The summed E-state index contributed by atoms with van der Waals surface area (Å²) in [4.78, 5) is 3.17. The van der Waals surface area contributed by atoms with Crippen molar-refractivity contribution in [1.29, 1.82) is 0 Å². The van der Waals surface area contributed by atoms with Gasteiger partial charge < -0.3 is 0 Å². The average Bonchev–Trinajstić information content (AvgIpc) is 2.19. The van der Waals surface area contributed by atoms with Crippen molar-refractivity contribution in [2.24, 2.45) is 7.05 Å². The summed E-state index contributed by atoms with van der Waals surface area (Å²) in [7, 11) is 1.93. The number of aryl methyl sites for hydroxylation is 1. The lowest BCUT2D eigenvalue weighted by Crippen LogP contribution is -2.30. The van der Waals surface area contributed by atoms with Crippen LogP contribution in [0, 0.1) is 6.92 Å². The third-order valence-corrected chi connectivity index (χ3v) is 2.21. The first-order chi connectivity index (χ1) is 5.16. The van der Waals surface area contributed by atoms with Crippen LogP contribution in [0.1, 0.15) is 11.5 Å². The molecule has 0 atom stereocenters. The van der Waals surface area contributed by atoms with Gasteiger partial charge in [-0.05, 0) is 11.6 Å². The molecule has 0 aliphatic carbocycles. The molecule has 0 saturated heterocycles. The number of aromatic nitrogens is 2. The number of imidazole rings is 1. The maximum atomic E-state index is 5.98. The van der Waals surface area contributed by atoms with Crippen LogP contribution in [0.4, 0.5) is 0 Å². The van der Waals surface area contributed by atoms with Gasteiger partial charge >= 0.3 is 0 Å². The molecule has 0 radical (unpaired) electrons. The Labute approximate surface area is 71.5 Å². The fourth-order valence-corrected chi connectivity index (χ4v) is 1.23. The first-order valence-corrected chi connectivity index (χ1v) is 3.88. The van der Waals surface area contributed by atoms with Crippen molar-refractivity contribution >= 4 is 11.6 Å². The minimum absolute atomic E-state index is 0.766. The Kier molecular flexibility index (Phi) is 2.35. The van der Waals surface area contributed by atoms with Gasteiger partial charge in [0.2, 0.25) is 5.15 Å². The van der Waals surface area contributed by atoms with Gasteiger partial charge in [0.15, 0.2) is 5.69 Å². The van der Waals surface area contributed by atoms with Gasteiger partial charge in [-0.2, -0.15) is 0 Å². The predicted molar refractivity (Wildman–Crippen MR) is 45.6 cm³/mol. The molecule has 1 heterocycles. The summed E-state index contributed by atoms with van der Waals surface area (Å²) in [5, 5.41) is 0.766. The van der Waals surface area contributed by atoms with Crippen LogP contribution in [-0.4, -0.2) is 4.98 Å². The van der Waals surface area contributed by atoms with Crippen LogP contribution in [0.2, 0.25) is 5.15 Å². The van der Waals surface area contributed by atoms with E-state index in [2.05, 4.69) is 11.6 Å². The van der Waals surface area contributed by atoms with Gasteiger partial charge in [-0.1, -0.05) is 6.08 Å². The quantitative estimate of drug-likeness (QED) is 0.515. The highest BCUT2D eigenvalue weighted by atomic mass is 35.5. The van der Waals surface area contributed by atoms with Gasteiger partial charge in [-0.3, -0.25) is 0 Å². The van der Waals surface area contributed by atoms with E-state index in [1.54, 1.807) is 0 Å². The van der Waals surface area contributed by atoms with E-state index in [9.17, 15) is 0 Å². The molecule has 1 aromatic heterocycles. The third-order valence-electron chi connectivity index (χ3n) is 1.73. The van der Waals surface area contributed by atoms with E-state index in [-0.39, 0.29) is 0 Å². The van der Waals surface area contributed by atoms with Crippen molar-refractivity contribution in [2.45, 2.75) is 13.3 Å². The van der Waals surface area contributed by atoms with Gasteiger partial charge in [0.1, 0.15) is 0 Å². The van der Waals surface area contributed by atoms with E-state index in [1.807, 2.05) is 24.6 Å². The van der Waals surface area contributed by atoms with Gasteiger partial charge in [0.05, 0.1) is 7.05 Å². The van der Waals surface area contributed by atoms with Crippen LogP contribution in [-0.2, 0) is 13.5 Å². The first-order valence-electron chi connectivity index (χ1n) is 3.50. The van der Waals surface area contributed by atoms with E-state index in [0.29, 0.717) is 0 Å². The lowest BCUT2D eigenvalue weighted by Gasteiger charge is -1.85. The van der Waals surface area contributed by atoms with Crippen LogP contribution in [0.25, 0.3) is 0 Å². The zero-order valence-corrected chi connectivity index (χ0v) is 7.57. The minimum atomic E-state index is 0.766. The number of allylic oxidation sites excluding steroid dienone is 1. The smallest absolute Gasteiger partial charge is 0.243 e. The zero-order valence-electron chi connectivity index (χ0n) is 6.82. The first kappa shape index (κ1) is 8.34. The van der Waals surface area contributed by atoms with Crippen LogP contribution in [0.15, 0.2) is 12.7 Å². The van der Waals surface area contributed by atoms with Crippen molar-refractivity contribution in [1.82, 2.24) is 4.98 Å². The maximum Gasteiger partial charge on any atom is 0.252 e. The second kappa shape index (κ2) is 3.09. The molecule has 0 unspecified atom stereocenters. The summed E-state index contributed by atoms with van der Waals surface area (Å²) < 4.78 is 1.92. The number of hydrogen-bond donors (Lipinski definition) is 1. The van der Waals surface area contributed by atoms with Crippen LogP contribution in [0.3, 0.4) is 0 Å². The molecule has 2 nitrogen and oxygen atoms in total. The lowest BCUT2D eigenvalue weighted by molar-refractivity contribution is -0.674. The van der Waals surface area contributed by atoms with Gasteiger partial charge in [-0.25, -0.2) is 9.55 Å². The highest BCUT2D eigenvalue weighted by molar-refractivity contribution is 6.29. The summed E-state index contributed by atoms with van der Waals surface area (Å²) in [5.74, 6) is 1.06. The lowest BCUT2D eigenvalue weighted by atomic mass is 10.3. The Morgan fingerprint density at radius 3 is 2.73 bits per heavy atom. The molecule has 0 spiro atoms. The molecule has 0 bridgehead atoms. The Hall–Kier alpha value is -0.760. The number of H-pyrrole nitrogens is 1. The fourth-order valence-electron chi connectivity index (χ4n) is 0.983. The molecule has 0 aliphatic rings. The molecule has 1 aromatic rings. The molecular weight excluding hydrogens is 160 g/mol. The molecule has 0 aromatic carbocycles. The highest BCUT2D eigenvalue weighted by Crippen LogP contribution is 2.10. The molecule has 1 N–H and O–H groups in total. The number of nitrogens with one attached hydrogen (secondary N) is 1. The van der Waals surface area contributed by atoms with Crippen LogP contribution >= 0.6 is 11.6 Å². The average molecular weight is 172 g/mol. The summed E-state index contributed by atoms with van der Waals surface area (Å²) in [6.07, 6.45) is 2.62. The van der Waals surface area contributed by atoms with Crippen molar-refractivity contribution in [2.75, 3.05) is 0 Å². The topological polar surface area (TPSA) is 19.7 Å². The van der Waals surface area contributed by atoms with Gasteiger partial charge in [0, 0.05) is 13.3 Å². The van der Waals surface area contributed by atoms with Crippen molar-refractivity contribution < 1.29 is 4.57 Å². The molecule has 0 amide bonds. The van der Waals surface area contributed by atoms with E-state index in [0.717, 1.165) is 23.1 Å². The molecule has 0 aliphatic heterocycles. The standard InChI is InChI=1S/C8H11ClN2/c1-4-5-7-8(9)11(3)6(2)10-7/h4H,1,5H2,2-3H3/p+1. The monoisotopic (exact) mass is 171 g/mol. The Morgan fingerprint density at radius 1 is 1.73 bits per heavy atom. The summed E-state index contributed by atoms with van der Waals surface area (Å²) in [5.41, 5.74) is 1.03. The number of rotatable bonds is 2. The van der Waals surface area contributed by atoms with E-state index >= 15 is 0 Å². The largest absolute Gasteiger partial charge is 0.252 e. The molecule has 60 valence electrons. The van der Waals surface area contributed by atoms with Crippen molar-refractivity contribution in [3.05, 3.63) is 29.3 Å². The SMILES string of the molecule is C=CCc1[nH]c(C)[n+](C)c1Cl. The summed E-state index contributed by atoms with van der Waals surface area (Å²) >= 11 is 5.98. The van der Waals surface area contributed by atoms with Gasteiger partial charge in [0.25, 0.3) is 5.82 Å². The number of halogens is 1. The fraction of sp³-hybridized carbons (Fsp3) is 0.375. The second-order valence-corrected chi connectivity index (χ2v) is 2.89. The second-order valence-electron chi connectivity index (χ2n) is 2.53. The van der Waals surface area contributed by atoms with Crippen LogP contribution in [0.5, 0.6) is 0 Å². The number of aromatic amines is 1.